The van der Waals surface area contributed by atoms with E-state index in [0.717, 1.165) is 12.7 Å². The average molecular weight is 222 g/mol. The molecule has 0 aliphatic carbocycles. The second-order valence-electron chi connectivity index (χ2n) is 3.83. The molecule has 0 saturated carbocycles. The highest BCUT2D eigenvalue weighted by atomic mass is 16.1. The van der Waals surface area contributed by atoms with Crippen LogP contribution in [0.4, 0.5) is 0 Å². The fourth-order valence-electron chi connectivity index (χ4n) is 1.77. The van der Waals surface area contributed by atoms with Gasteiger partial charge in [0.2, 0.25) is 0 Å². The first-order valence-electron chi connectivity index (χ1n) is 5.65. The van der Waals surface area contributed by atoms with Crippen molar-refractivity contribution in [2.45, 2.75) is 6.42 Å². The highest BCUT2D eigenvalue weighted by Gasteiger charge is 1.97. The maximum atomic E-state index is 10.2. The minimum absolute atomic E-state index is 0.791. The number of carbonyl (C=O) groups is 1. The summed E-state index contributed by atoms with van der Waals surface area (Å²) in [4.78, 5) is 10.2. The van der Waals surface area contributed by atoms with Crippen LogP contribution in [0, 0.1) is 0 Å². The van der Waals surface area contributed by atoms with Gasteiger partial charge >= 0.3 is 0 Å². The van der Waals surface area contributed by atoms with Crippen molar-refractivity contribution in [1.82, 2.24) is 0 Å². The van der Waals surface area contributed by atoms with Gasteiger partial charge in [-0.2, -0.15) is 0 Å². The van der Waals surface area contributed by atoms with Crippen molar-refractivity contribution in [3.05, 3.63) is 72.3 Å². The van der Waals surface area contributed by atoms with E-state index in [4.69, 9.17) is 0 Å². The molecule has 0 amide bonds. The van der Waals surface area contributed by atoms with Gasteiger partial charge in [0.15, 0.2) is 0 Å². The van der Waals surface area contributed by atoms with E-state index in [1.165, 1.54) is 22.8 Å². The summed E-state index contributed by atoms with van der Waals surface area (Å²) in [6.07, 6.45) is 5.01. The van der Waals surface area contributed by atoms with E-state index < -0.39 is 0 Å². The maximum absolute atomic E-state index is 10.2. The van der Waals surface area contributed by atoms with Crippen molar-refractivity contribution in [1.29, 1.82) is 0 Å². The van der Waals surface area contributed by atoms with Crippen molar-refractivity contribution in [3.63, 3.8) is 0 Å². The minimum atomic E-state index is 0.791. The molecule has 0 aromatic heterocycles. The zero-order valence-electron chi connectivity index (χ0n) is 9.54. The molecular formula is C16H14O. The summed E-state index contributed by atoms with van der Waals surface area (Å²) in [5, 5.41) is 0. The fraction of sp³-hybridized carbons (Fsp3) is 0.0625. The molecule has 0 fully saturated rings. The van der Waals surface area contributed by atoms with E-state index in [1.807, 2.05) is 30.3 Å². The monoisotopic (exact) mass is 222 g/mol. The SMILES string of the molecule is O=CC=CCc1cccc(-c2ccccc2)c1. The summed E-state index contributed by atoms with van der Waals surface area (Å²) in [5.74, 6) is 0. The third-order valence-corrected chi connectivity index (χ3v) is 2.60. The normalized spacial score (nSPS) is 10.6. The lowest BCUT2D eigenvalue weighted by Crippen LogP contribution is -1.83. The Labute approximate surface area is 101 Å². The van der Waals surface area contributed by atoms with E-state index in [2.05, 4.69) is 30.3 Å². The van der Waals surface area contributed by atoms with Crippen molar-refractivity contribution in [2.75, 3.05) is 0 Å². The molecule has 1 heteroatoms. The number of hydrogen-bond donors (Lipinski definition) is 0. The Balaban J connectivity index is 2.23. The van der Waals surface area contributed by atoms with Crippen LogP contribution in [0.3, 0.4) is 0 Å². The van der Waals surface area contributed by atoms with Crippen LogP contribution in [0.15, 0.2) is 66.7 Å². The Morgan fingerprint density at radius 3 is 2.41 bits per heavy atom. The van der Waals surface area contributed by atoms with Crippen LogP contribution in [0.5, 0.6) is 0 Å². The molecule has 17 heavy (non-hydrogen) atoms. The van der Waals surface area contributed by atoms with Crippen LogP contribution >= 0.6 is 0 Å². The molecule has 1 nitrogen and oxygen atoms in total. The van der Waals surface area contributed by atoms with E-state index in [0.29, 0.717) is 0 Å². The van der Waals surface area contributed by atoms with Gasteiger partial charge in [0.25, 0.3) is 0 Å². The maximum Gasteiger partial charge on any atom is 0.142 e. The summed E-state index contributed by atoms with van der Waals surface area (Å²) in [6.45, 7) is 0. The fourth-order valence-corrected chi connectivity index (χ4v) is 1.77. The van der Waals surface area contributed by atoms with E-state index in [9.17, 15) is 4.79 Å². The van der Waals surface area contributed by atoms with Crippen molar-refractivity contribution in [3.8, 4) is 11.1 Å². The molecule has 0 radical (unpaired) electrons. The van der Waals surface area contributed by atoms with Crippen molar-refractivity contribution >= 4 is 6.29 Å². The van der Waals surface area contributed by atoms with E-state index >= 15 is 0 Å². The first-order valence-corrected chi connectivity index (χ1v) is 5.65. The van der Waals surface area contributed by atoms with Crippen LogP contribution in [0.1, 0.15) is 5.56 Å². The molecule has 0 saturated heterocycles. The van der Waals surface area contributed by atoms with E-state index in [-0.39, 0.29) is 0 Å². The number of benzene rings is 2. The molecule has 84 valence electrons. The zero-order valence-corrected chi connectivity index (χ0v) is 9.54. The molecule has 0 unspecified atom stereocenters. The van der Waals surface area contributed by atoms with Crippen LogP contribution in [0.2, 0.25) is 0 Å². The van der Waals surface area contributed by atoms with Crippen LogP contribution in [0.25, 0.3) is 11.1 Å². The van der Waals surface area contributed by atoms with Gasteiger partial charge in [-0.1, -0.05) is 60.7 Å². The molecular weight excluding hydrogens is 208 g/mol. The second-order valence-corrected chi connectivity index (χ2v) is 3.83. The van der Waals surface area contributed by atoms with Gasteiger partial charge in [-0.3, -0.25) is 4.79 Å². The summed E-state index contributed by atoms with van der Waals surface area (Å²) in [5.41, 5.74) is 3.64. The third-order valence-electron chi connectivity index (χ3n) is 2.60. The molecule has 0 aliphatic rings. The van der Waals surface area contributed by atoms with Gasteiger partial charge in [-0.05, 0) is 29.2 Å². The number of hydrogen-bond acceptors (Lipinski definition) is 1. The smallest absolute Gasteiger partial charge is 0.142 e. The van der Waals surface area contributed by atoms with Gasteiger partial charge < -0.3 is 0 Å². The third kappa shape index (κ3) is 3.15. The van der Waals surface area contributed by atoms with Crippen LogP contribution < -0.4 is 0 Å². The minimum Gasteiger partial charge on any atom is -0.299 e. The standard InChI is InChI=1S/C16H14O/c17-12-5-4-7-14-8-6-11-16(13-14)15-9-2-1-3-10-15/h1-6,8-13H,7H2. The molecule has 0 aliphatic heterocycles. The lowest BCUT2D eigenvalue weighted by Gasteiger charge is -2.03. The molecule has 0 N–H and O–H groups in total. The highest BCUT2D eigenvalue weighted by molar-refractivity contribution is 5.65. The Morgan fingerprint density at radius 2 is 1.65 bits per heavy atom. The number of rotatable bonds is 4. The first kappa shape index (κ1) is 11.3. The Kier molecular flexibility index (Phi) is 3.87. The Bertz CT molecular complexity index is 512. The lowest BCUT2D eigenvalue weighted by molar-refractivity contribution is -0.104. The topological polar surface area (TPSA) is 17.1 Å². The van der Waals surface area contributed by atoms with Gasteiger partial charge in [-0.15, -0.1) is 0 Å². The van der Waals surface area contributed by atoms with Crippen LogP contribution in [-0.2, 0) is 11.2 Å². The first-order chi connectivity index (χ1) is 8.40. The Hall–Kier alpha value is -2.15. The summed E-state index contributed by atoms with van der Waals surface area (Å²) < 4.78 is 0. The summed E-state index contributed by atoms with van der Waals surface area (Å²) in [6, 6.07) is 18.7. The van der Waals surface area contributed by atoms with Gasteiger partial charge in [0, 0.05) is 0 Å². The largest absolute Gasteiger partial charge is 0.299 e. The number of aldehydes is 1. The number of carbonyl (C=O) groups excluding carboxylic acids is 1. The predicted octanol–water partition coefficient (Wildman–Crippen LogP) is 3.65. The lowest BCUT2D eigenvalue weighted by atomic mass is 10.0. The molecule has 0 atom stereocenters. The summed E-state index contributed by atoms with van der Waals surface area (Å²) in [7, 11) is 0. The molecule has 2 rings (SSSR count). The van der Waals surface area contributed by atoms with Crippen LogP contribution in [-0.4, -0.2) is 6.29 Å². The molecule has 0 bridgehead atoms. The molecule has 2 aromatic carbocycles. The van der Waals surface area contributed by atoms with E-state index in [1.54, 1.807) is 0 Å². The zero-order chi connectivity index (χ0) is 11.9. The predicted molar refractivity (Wildman–Crippen MR) is 70.8 cm³/mol. The number of allylic oxidation sites excluding steroid dienone is 2. The van der Waals surface area contributed by atoms with Gasteiger partial charge in [-0.25, -0.2) is 0 Å². The molecule has 2 aromatic rings. The highest BCUT2D eigenvalue weighted by Crippen LogP contribution is 2.20. The average Bonchev–Trinajstić information content (AvgIpc) is 2.41. The van der Waals surface area contributed by atoms with Gasteiger partial charge in [0.1, 0.15) is 6.29 Å². The van der Waals surface area contributed by atoms with Gasteiger partial charge in [0.05, 0.1) is 0 Å². The van der Waals surface area contributed by atoms with Crippen molar-refractivity contribution in [2.24, 2.45) is 0 Å². The molecule has 0 heterocycles. The second kappa shape index (κ2) is 5.80. The summed E-state index contributed by atoms with van der Waals surface area (Å²) >= 11 is 0. The van der Waals surface area contributed by atoms with Crippen molar-refractivity contribution < 1.29 is 4.79 Å². The Morgan fingerprint density at radius 1 is 0.882 bits per heavy atom. The quantitative estimate of drug-likeness (QED) is 0.570. The molecule has 0 spiro atoms.